The summed E-state index contributed by atoms with van der Waals surface area (Å²) in [7, 11) is 1.33. The molecule has 0 aromatic rings. The molecule has 0 saturated carbocycles. The van der Waals surface area contributed by atoms with E-state index in [2.05, 4.69) is 55.4 Å². The normalized spacial score (nSPS) is 12.3. The van der Waals surface area contributed by atoms with Crippen molar-refractivity contribution in [3.8, 4) is 0 Å². The van der Waals surface area contributed by atoms with E-state index in [1.807, 2.05) is 0 Å². The van der Waals surface area contributed by atoms with Crippen LogP contribution in [-0.2, 0) is 21.9 Å². The Morgan fingerprint density at radius 1 is 0.256 bits per heavy atom. The molecule has 0 radical (unpaired) electrons. The minimum absolute atomic E-state index is 0.0699. The first-order valence-corrected chi connectivity index (χ1v) is 47.8. The van der Waals surface area contributed by atoms with Crippen molar-refractivity contribution < 1.29 is 29.3 Å². The van der Waals surface area contributed by atoms with E-state index in [1.54, 1.807) is 50.8 Å². The van der Waals surface area contributed by atoms with Gasteiger partial charge in [0.05, 0.1) is 0 Å². The summed E-state index contributed by atoms with van der Waals surface area (Å²) in [6.45, 7) is 18.9. The van der Waals surface area contributed by atoms with Crippen LogP contribution in [0.15, 0.2) is 0 Å². The van der Waals surface area contributed by atoms with Gasteiger partial charge in [-0.05, 0) is 87.1 Å². The second-order valence-electron chi connectivity index (χ2n) is 29.4. The van der Waals surface area contributed by atoms with Crippen molar-refractivity contribution in [1.82, 2.24) is 0 Å². The number of unbranched alkanes of at least 4 members (excludes halogenated alkanes) is 58. The molecule has 2 N–H and O–H groups in total. The predicted molar refractivity (Wildman–Crippen MR) is 415 cm³/mol. The van der Waals surface area contributed by atoms with Crippen LogP contribution in [0.4, 0.5) is 0 Å². The van der Waals surface area contributed by atoms with E-state index in [1.165, 1.54) is 432 Å². The summed E-state index contributed by atoms with van der Waals surface area (Å²) in [4.78, 5) is 0. The molecule has 3 nitrogen and oxygen atoms in total. The fourth-order valence-corrected chi connectivity index (χ4v) is 19.9. The summed E-state index contributed by atoms with van der Waals surface area (Å²) in [5, 5.41) is 0.663. The Morgan fingerprint density at radius 2 is 0.422 bits per heavy atom. The summed E-state index contributed by atoms with van der Waals surface area (Å²) >= 11 is -3.58. The van der Waals surface area contributed by atoms with Crippen molar-refractivity contribution in [2.24, 2.45) is 5.92 Å². The van der Waals surface area contributed by atoms with Gasteiger partial charge < -0.3 is 0 Å². The Hall–Kier alpha value is 1.29. The van der Waals surface area contributed by atoms with Crippen LogP contribution in [0.5, 0.6) is 0 Å². The molecule has 2 atom stereocenters. The van der Waals surface area contributed by atoms with Crippen molar-refractivity contribution in [2.75, 3.05) is 24.6 Å². The molecule has 0 spiro atoms. The van der Waals surface area contributed by atoms with Gasteiger partial charge in [-0.25, -0.2) is 0 Å². The Morgan fingerprint density at radius 3 is 0.633 bits per heavy atom. The van der Waals surface area contributed by atoms with Crippen LogP contribution in [-0.4, -0.2) is 37.2 Å². The maximum atomic E-state index is 8.81. The molecular formula is C84H176O3P2Ti. The second-order valence-corrected chi connectivity index (χ2v) is 34.7. The van der Waals surface area contributed by atoms with Gasteiger partial charge in [0.1, 0.15) is 0 Å². The third kappa shape index (κ3) is 76.7. The zero-order valence-corrected chi connectivity index (χ0v) is 67.6. The van der Waals surface area contributed by atoms with E-state index in [4.69, 9.17) is 10.7 Å². The summed E-state index contributed by atoms with van der Waals surface area (Å²) in [6.07, 6.45) is 110. The molecule has 0 amide bonds. The van der Waals surface area contributed by atoms with Crippen LogP contribution in [0, 0.1) is 5.92 Å². The average molecular weight is 1340 g/mol. The van der Waals surface area contributed by atoms with Crippen molar-refractivity contribution in [3.05, 3.63) is 0 Å². The number of rotatable bonds is 76. The molecule has 0 aromatic carbocycles. The average Bonchev–Trinajstić information content (AvgIpc) is 0.957. The van der Waals surface area contributed by atoms with Crippen LogP contribution in [0.25, 0.3) is 0 Å². The first kappa shape index (κ1) is 95.5. The van der Waals surface area contributed by atoms with Crippen molar-refractivity contribution >= 4 is 16.5 Å². The van der Waals surface area contributed by atoms with Crippen LogP contribution in [0.3, 0.4) is 0 Å². The minimum atomic E-state index is -3.58. The molecule has 0 saturated heterocycles. The van der Waals surface area contributed by atoms with Gasteiger partial charge in [-0.15, -0.1) is 16.5 Å². The molecule has 90 heavy (non-hydrogen) atoms. The quantitative estimate of drug-likeness (QED) is 0.0362. The monoisotopic (exact) mass is 1340 g/mol. The molecule has 0 fully saturated rings. The van der Waals surface area contributed by atoms with Crippen LogP contribution in [0.1, 0.15) is 505 Å². The van der Waals surface area contributed by atoms with Gasteiger partial charge in [0.25, 0.3) is 0 Å². The summed E-state index contributed by atoms with van der Waals surface area (Å²) in [5.41, 5.74) is 0. The van der Waals surface area contributed by atoms with Gasteiger partial charge in [-0.3, -0.25) is 0 Å². The third-order valence-electron chi connectivity index (χ3n) is 20.6. The van der Waals surface area contributed by atoms with E-state index in [9.17, 15) is 0 Å². The summed E-state index contributed by atoms with van der Waals surface area (Å²) in [5.74, 6) is 1.00. The van der Waals surface area contributed by atoms with Crippen molar-refractivity contribution in [2.45, 2.75) is 510 Å². The van der Waals surface area contributed by atoms with Gasteiger partial charge in [0.2, 0.25) is 0 Å². The standard InChI is InChI=1S/C58H119P.C26H55P.2H2O.O.Ti/c1-7-13-19-25-31-33-34-36-38-44-50-56-59(55-49-43-30-24-18-12-6)58(53-47-41-28-22-16-10-4,54-48-42-29-23-17-11-5)57(51-45-39-27-21-15-9-3)52-46-40-37-35-32-26-20-14-8-2;1-3-5-7-9-11-13-15-17-19-21-23-25-27-26-24-22-20-18-16-14-12-10-8-6-4-2;;;;/h57H,7-56H2,1-6H3;27H,3-26H2,1-2H3;2*1H2;;/q;;;;;+2/p-2. The second kappa shape index (κ2) is 86.4. The van der Waals surface area contributed by atoms with Crippen molar-refractivity contribution in [3.63, 3.8) is 0 Å². The Balaban J connectivity index is -0.00000202. The zero-order valence-electron chi connectivity index (χ0n) is 64.2. The topological polar surface area (TPSA) is 57.5 Å². The van der Waals surface area contributed by atoms with Gasteiger partial charge >= 0.3 is 29.3 Å². The Labute approximate surface area is 582 Å². The van der Waals surface area contributed by atoms with E-state index >= 15 is 0 Å². The SMILES string of the molecule is CCCCCCCCCCCCCP(CCCCCCCC)C(CCCCCCCC)(CCCCCCCC)C(CCCCCCCC)CCCCCCCCCCC.CCCCCCCCCCCCCPCCCCCCCCCCCCC.[O]=[Ti]([OH])[OH]. The van der Waals surface area contributed by atoms with Crippen LogP contribution < -0.4 is 0 Å². The first-order chi connectivity index (χ1) is 44.3. The summed E-state index contributed by atoms with van der Waals surface area (Å²) < 4.78 is 23.2. The summed E-state index contributed by atoms with van der Waals surface area (Å²) in [6, 6.07) is 0. The van der Waals surface area contributed by atoms with E-state index in [-0.39, 0.29) is 7.92 Å². The molecule has 0 rings (SSSR count). The van der Waals surface area contributed by atoms with Gasteiger partial charge in [0, 0.05) is 0 Å². The molecule has 0 aliphatic carbocycles. The molecule has 0 bridgehead atoms. The molecule has 0 aromatic heterocycles. The predicted octanol–water partition coefficient (Wildman–Crippen LogP) is 31.7. The molecule has 6 heteroatoms. The van der Waals surface area contributed by atoms with E-state index in [0.717, 1.165) is 5.92 Å². The van der Waals surface area contributed by atoms with Gasteiger partial charge in [0.15, 0.2) is 0 Å². The van der Waals surface area contributed by atoms with Gasteiger partial charge in [-0.2, -0.15) is 0 Å². The van der Waals surface area contributed by atoms with Crippen molar-refractivity contribution in [1.29, 1.82) is 0 Å². The maximum absolute atomic E-state index is 8.81. The van der Waals surface area contributed by atoms with Crippen LogP contribution >= 0.6 is 16.5 Å². The van der Waals surface area contributed by atoms with Crippen LogP contribution in [0.2, 0.25) is 0 Å². The molecule has 2 unspecified atom stereocenters. The number of hydrogen-bond donors (Lipinski definition) is 2. The molecule has 0 heterocycles. The molecule has 0 aliphatic heterocycles. The van der Waals surface area contributed by atoms with Gasteiger partial charge in [-0.1, -0.05) is 453 Å². The number of hydrogen-bond acceptors (Lipinski definition) is 1. The fourth-order valence-electron chi connectivity index (χ4n) is 14.6. The molecule has 544 valence electrons. The Kier molecular flexibility index (Phi) is 91.6. The van der Waals surface area contributed by atoms with E-state index in [0.29, 0.717) is 5.16 Å². The van der Waals surface area contributed by atoms with E-state index < -0.39 is 18.6 Å². The Bertz CT molecular complexity index is 1210. The third-order valence-corrected chi connectivity index (χ3v) is 25.8. The zero-order chi connectivity index (χ0) is 66.3. The first-order valence-electron chi connectivity index (χ1n) is 42.7. The molecular weight excluding hydrogens is 1170 g/mol. The fraction of sp³-hybridized carbons (Fsp3) is 1.00. The molecule has 0 aliphatic rings.